The van der Waals surface area contributed by atoms with Crippen molar-refractivity contribution in [1.29, 1.82) is 0 Å². The molecule has 110 valence electrons. The Morgan fingerprint density at radius 1 is 1.35 bits per heavy atom. The van der Waals surface area contributed by atoms with E-state index in [1.54, 1.807) is 0 Å². The summed E-state index contributed by atoms with van der Waals surface area (Å²) in [5, 5.41) is 3.10. The largest absolute Gasteiger partial charge is 0.481 e. The van der Waals surface area contributed by atoms with Crippen LogP contribution in [0.2, 0.25) is 0 Å². The Kier molecular flexibility index (Phi) is 5.45. The van der Waals surface area contributed by atoms with Gasteiger partial charge in [-0.1, -0.05) is 38.3 Å². The van der Waals surface area contributed by atoms with Crippen molar-refractivity contribution in [1.82, 2.24) is 5.32 Å². The maximum absolute atomic E-state index is 12.1. The van der Waals surface area contributed by atoms with E-state index in [-0.39, 0.29) is 5.91 Å². The molecule has 3 heteroatoms. The van der Waals surface area contributed by atoms with E-state index in [2.05, 4.69) is 18.3 Å². The number of nitrogens with one attached hydrogen (secondary N) is 1. The number of hydrogen-bond donors (Lipinski definition) is 1. The molecule has 1 unspecified atom stereocenters. The van der Waals surface area contributed by atoms with E-state index in [1.807, 2.05) is 25.1 Å². The highest BCUT2D eigenvalue weighted by Crippen LogP contribution is 2.18. The molecule has 0 radical (unpaired) electrons. The number of aryl methyl sites for hydroxylation is 1. The van der Waals surface area contributed by atoms with Gasteiger partial charge in [-0.05, 0) is 43.9 Å². The summed E-state index contributed by atoms with van der Waals surface area (Å²) < 4.78 is 5.75. The van der Waals surface area contributed by atoms with E-state index < -0.39 is 6.10 Å². The molecule has 1 aliphatic rings. The Bertz CT molecular complexity index is 438. The molecule has 1 aromatic rings. The number of rotatable bonds is 5. The zero-order chi connectivity index (χ0) is 14.4. The fourth-order valence-electron chi connectivity index (χ4n) is 2.66. The normalized spacial score (nSPS) is 17.5. The summed E-state index contributed by atoms with van der Waals surface area (Å²) in [4.78, 5) is 12.1. The molecular weight excluding hydrogens is 250 g/mol. The van der Waals surface area contributed by atoms with Crippen LogP contribution in [0.5, 0.6) is 5.75 Å². The van der Waals surface area contributed by atoms with Gasteiger partial charge in [0.25, 0.3) is 5.91 Å². The average molecular weight is 275 g/mol. The Morgan fingerprint density at radius 3 is 2.80 bits per heavy atom. The lowest BCUT2D eigenvalue weighted by Gasteiger charge is -2.24. The van der Waals surface area contributed by atoms with Crippen LogP contribution in [-0.4, -0.2) is 18.1 Å². The summed E-state index contributed by atoms with van der Waals surface area (Å²) >= 11 is 0. The molecule has 0 aliphatic heterocycles. The van der Waals surface area contributed by atoms with Gasteiger partial charge in [0, 0.05) is 6.04 Å². The van der Waals surface area contributed by atoms with Crippen molar-refractivity contribution in [3.8, 4) is 5.75 Å². The first-order chi connectivity index (χ1) is 9.69. The van der Waals surface area contributed by atoms with E-state index in [1.165, 1.54) is 24.8 Å². The monoisotopic (exact) mass is 275 g/mol. The summed E-state index contributed by atoms with van der Waals surface area (Å²) in [5.41, 5.74) is 1.22. The van der Waals surface area contributed by atoms with Gasteiger partial charge in [-0.3, -0.25) is 4.79 Å². The second-order valence-electron chi connectivity index (χ2n) is 5.60. The number of carbonyl (C=O) groups is 1. The first kappa shape index (κ1) is 14.9. The average Bonchev–Trinajstić information content (AvgIpc) is 2.48. The van der Waals surface area contributed by atoms with Crippen LogP contribution < -0.4 is 10.1 Å². The predicted octanol–water partition coefficient (Wildman–Crippen LogP) is 3.47. The van der Waals surface area contributed by atoms with Crippen LogP contribution in [0.3, 0.4) is 0 Å². The number of hydrogen-bond acceptors (Lipinski definition) is 2. The molecule has 0 saturated heterocycles. The van der Waals surface area contributed by atoms with Crippen LogP contribution >= 0.6 is 0 Å². The molecule has 20 heavy (non-hydrogen) atoms. The van der Waals surface area contributed by atoms with Crippen LogP contribution in [0.15, 0.2) is 24.3 Å². The van der Waals surface area contributed by atoms with Gasteiger partial charge in [0.2, 0.25) is 0 Å². The Balaban J connectivity index is 1.86. The van der Waals surface area contributed by atoms with Crippen molar-refractivity contribution < 1.29 is 9.53 Å². The minimum atomic E-state index is -0.441. The summed E-state index contributed by atoms with van der Waals surface area (Å²) in [6.07, 6.45) is 6.47. The maximum atomic E-state index is 12.1. The Hall–Kier alpha value is -1.51. The standard InChI is InChI=1S/C17H25NO2/c1-3-14-8-7-11-16(12-14)20-13(2)17(19)18-15-9-5-4-6-10-15/h7-8,11-13,15H,3-6,9-10H2,1-2H3,(H,18,19). The van der Waals surface area contributed by atoms with Crippen molar-refractivity contribution in [2.75, 3.05) is 0 Å². The van der Waals surface area contributed by atoms with Crippen LogP contribution in [0.4, 0.5) is 0 Å². The number of ether oxygens (including phenoxy) is 1. The van der Waals surface area contributed by atoms with Gasteiger partial charge in [0.15, 0.2) is 6.10 Å². The third-order valence-corrected chi connectivity index (χ3v) is 3.94. The van der Waals surface area contributed by atoms with E-state index in [9.17, 15) is 4.79 Å². The van der Waals surface area contributed by atoms with Crippen molar-refractivity contribution in [2.24, 2.45) is 0 Å². The molecule has 0 heterocycles. The topological polar surface area (TPSA) is 38.3 Å². The SMILES string of the molecule is CCc1cccc(OC(C)C(=O)NC2CCCCC2)c1. The van der Waals surface area contributed by atoms with Gasteiger partial charge in [0.05, 0.1) is 0 Å². The van der Waals surface area contributed by atoms with Crippen LogP contribution in [0.25, 0.3) is 0 Å². The predicted molar refractivity (Wildman–Crippen MR) is 80.9 cm³/mol. The van der Waals surface area contributed by atoms with Crippen molar-refractivity contribution in [3.63, 3.8) is 0 Å². The smallest absolute Gasteiger partial charge is 0.260 e. The van der Waals surface area contributed by atoms with Crippen LogP contribution in [-0.2, 0) is 11.2 Å². The fourth-order valence-corrected chi connectivity index (χ4v) is 2.66. The Labute approximate surface area is 121 Å². The van der Waals surface area contributed by atoms with E-state index >= 15 is 0 Å². The zero-order valence-electron chi connectivity index (χ0n) is 12.5. The number of amides is 1. The summed E-state index contributed by atoms with van der Waals surface area (Å²) in [5.74, 6) is 0.773. The molecule has 1 amide bonds. The van der Waals surface area contributed by atoms with Crippen LogP contribution in [0, 0.1) is 0 Å². The minimum absolute atomic E-state index is 0.00111. The zero-order valence-corrected chi connectivity index (χ0v) is 12.5. The number of benzene rings is 1. The molecule has 1 fully saturated rings. The van der Waals surface area contributed by atoms with Gasteiger partial charge in [-0.15, -0.1) is 0 Å². The summed E-state index contributed by atoms with van der Waals surface area (Å²) in [6, 6.07) is 8.29. The molecule has 0 bridgehead atoms. The highest BCUT2D eigenvalue weighted by atomic mass is 16.5. The lowest BCUT2D eigenvalue weighted by Crippen LogP contribution is -2.43. The summed E-state index contributed by atoms with van der Waals surface area (Å²) in [6.45, 7) is 3.93. The van der Waals surface area contributed by atoms with Crippen molar-refractivity contribution in [3.05, 3.63) is 29.8 Å². The van der Waals surface area contributed by atoms with E-state index in [4.69, 9.17) is 4.74 Å². The highest BCUT2D eigenvalue weighted by molar-refractivity contribution is 5.81. The lowest BCUT2D eigenvalue weighted by atomic mass is 9.95. The highest BCUT2D eigenvalue weighted by Gasteiger charge is 2.20. The van der Waals surface area contributed by atoms with Gasteiger partial charge >= 0.3 is 0 Å². The fraction of sp³-hybridized carbons (Fsp3) is 0.588. The number of carbonyl (C=O) groups excluding carboxylic acids is 1. The molecule has 1 atom stereocenters. The molecule has 0 aromatic heterocycles. The first-order valence-corrected chi connectivity index (χ1v) is 7.75. The van der Waals surface area contributed by atoms with Gasteiger partial charge in [-0.25, -0.2) is 0 Å². The molecule has 0 spiro atoms. The van der Waals surface area contributed by atoms with Gasteiger partial charge in [0.1, 0.15) is 5.75 Å². The maximum Gasteiger partial charge on any atom is 0.260 e. The molecule has 1 saturated carbocycles. The second-order valence-corrected chi connectivity index (χ2v) is 5.60. The van der Waals surface area contributed by atoms with E-state index in [0.717, 1.165) is 25.0 Å². The van der Waals surface area contributed by atoms with E-state index in [0.29, 0.717) is 6.04 Å². The Morgan fingerprint density at radius 2 is 2.10 bits per heavy atom. The van der Waals surface area contributed by atoms with Gasteiger partial charge < -0.3 is 10.1 Å². The molecule has 1 aliphatic carbocycles. The third kappa shape index (κ3) is 4.26. The first-order valence-electron chi connectivity index (χ1n) is 7.75. The molecule has 1 aromatic carbocycles. The third-order valence-electron chi connectivity index (χ3n) is 3.94. The lowest BCUT2D eigenvalue weighted by molar-refractivity contribution is -0.128. The van der Waals surface area contributed by atoms with Crippen molar-refractivity contribution >= 4 is 5.91 Å². The molecule has 2 rings (SSSR count). The summed E-state index contributed by atoms with van der Waals surface area (Å²) in [7, 11) is 0. The van der Waals surface area contributed by atoms with Gasteiger partial charge in [-0.2, -0.15) is 0 Å². The van der Waals surface area contributed by atoms with Crippen LogP contribution in [0.1, 0.15) is 51.5 Å². The quantitative estimate of drug-likeness (QED) is 0.893. The molecule has 3 nitrogen and oxygen atoms in total. The second kappa shape index (κ2) is 7.32. The molecule has 1 N–H and O–H groups in total. The molecular formula is C17H25NO2. The van der Waals surface area contributed by atoms with Crippen molar-refractivity contribution in [2.45, 2.75) is 64.5 Å². The minimum Gasteiger partial charge on any atom is -0.481 e.